The van der Waals surface area contributed by atoms with Crippen LogP contribution in [-0.2, 0) is 0 Å². The van der Waals surface area contributed by atoms with Gasteiger partial charge < -0.3 is 0 Å². The highest BCUT2D eigenvalue weighted by molar-refractivity contribution is 5.85. The number of hydrogen-bond acceptors (Lipinski definition) is 0. The zero-order valence-electron chi connectivity index (χ0n) is 11.6. The maximum Gasteiger partial charge on any atom is -0.0126 e. The molecule has 0 saturated carbocycles. The van der Waals surface area contributed by atoms with Crippen LogP contribution in [0.15, 0.2) is 48.1 Å². The molecule has 90 valence electrons. The molecule has 17 heavy (non-hydrogen) atoms. The monoisotopic (exact) mass is 226 g/mol. The highest BCUT2D eigenvalue weighted by Gasteiger charge is 2.11. The molecule has 0 heterocycles. The van der Waals surface area contributed by atoms with Gasteiger partial charge in [-0.2, -0.15) is 0 Å². The summed E-state index contributed by atoms with van der Waals surface area (Å²) >= 11 is 0. The fourth-order valence-corrected chi connectivity index (χ4v) is 1.97. The molecule has 0 unspecified atom stereocenters. The van der Waals surface area contributed by atoms with Crippen molar-refractivity contribution in [1.29, 1.82) is 0 Å². The Morgan fingerprint density at radius 2 is 1.59 bits per heavy atom. The summed E-state index contributed by atoms with van der Waals surface area (Å²) in [7, 11) is 0. The van der Waals surface area contributed by atoms with Gasteiger partial charge in [-0.25, -0.2) is 0 Å². The van der Waals surface area contributed by atoms with Gasteiger partial charge >= 0.3 is 0 Å². The molecule has 1 rings (SSSR count). The Labute approximate surface area is 105 Å². The fourth-order valence-electron chi connectivity index (χ4n) is 1.97. The zero-order chi connectivity index (χ0) is 13.2. The summed E-state index contributed by atoms with van der Waals surface area (Å²) in [5, 5.41) is 0. The minimum atomic E-state index is 1.03. The Morgan fingerprint density at radius 3 is 2.06 bits per heavy atom. The molecule has 0 radical (unpaired) electrons. The number of aryl methyl sites for hydroxylation is 1. The van der Waals surface area contributed by atoms with E-state index in [1.165, 1.54) is 27.8 Å². The topological polar surface area (TPSA) is 0 Å². The molecule has 0 amide bonds. The van der Waals surface area contributed by atoms with Crippen LogP contribution in [0.2, 0.25) is 0 Å². The maximum absolute atomic E-state index is 4.17. The number of rotatable bonds is 3. The maximum atomic E-state index is 4.17. The Hall–Kier alpha value is -1.56. The van der Waals surface area contributed by atoms with Gasteiger partial charge in [0.15, 0.2) is 0 Å². The van der Waals surface area contributed by atoms with E-state index >= 15 is 0 Å². The van der Waals surface area contributed by atoms with Crippen LogP contribution >= 0.6 is 0 Å². The molecule has 1 aromatic carbocycles. The van der Waals surface area contributed by atoms with Gasteiger partial charge in [0.2, 0.25) is 0 Å². The molecule has 0 N–H and O–H groups in total. The third-order valence-corrected chi connectivity index (χ3v) is 3.19. The van der Waals surface area contributed by atoms with Crippen LogP contribution in [0.25, 0.3) is 5.57 Å². The molecule has 0 spiro atoms. The lowest BCUT2D eigenvalue weighted by atomic mass is 9.88. The SMILES string of the molecule is C=C(C)C(=C)C(=C(C)C)c1cccc(C)c1C. The molecule has 0 aliphatic rings. The predicted molar refractivity (Wildman–Crippen MR) is 78.1 cm³/mol. The first kappa shape index (κ1) is 13.5. The second kappa shape index (κ2) is 5.18. The number of hydrogen-bond donors (Lipinski definition) is 0. The van der Waals surface area contributed by atoms with Crippen LogP contribution in [0, 0.1) is 13.8 Å². The molecule has 0 aliphatic heterocycles. The van der Waals surface area contributed by atoms with Crippen LogP contribution in [0.3, 0.4) is 0 Å². The Bertz CT molecular complexity index is 495. The highest BCUT2D eigenvalue weighted by atomic mass is 14.2. The molecule has 0 bridgehead atoms. The van der Waals surface area contributed by atoms with Crippen molar-refractivity contribution in [2.75, 3.05) is 0 Å². The summed E-state index contributed by atoms with van der Waals surface area (Å²) in [6.07, 6.45) is 0. The molecule has 0 aliphatic carbocycles. The highest BCUT2D eigenvalue weighted by Crippen LogP contribution is 2.32. The number of allylic oxidation sites excluding steroid dienone is 4. The largest absolute Gasteiger partial charge is 0.0955 e. The lowest BCUT2D eigenvalue weighted by Gasteiger charge is -2.17. The van der Waals surface area contributed by atoms with Gasteiger partial charge in [-0.3, -0.25) is 0 Å². The van der Waals surface area contributed by atoms with Crippen molar-refractivity contribution in [3.63, 3.8) is 0 Å². The molecule has 1 aromatic rings. The van der Waals surface area contributed by atoms with E-state index < -0.39 is 0 Å². The summed E-state index contributed by atoms with van der Waals surface area (Å²) in [4.78, 5) is 0. The van der Waals surface area contributed by atoms with Gasteiger partial charge in [0, 0.05) is 0 Å². The summed E-state index contributed by atoms with van der Waals surface area (Å²) in [6.45, 7) is 18.7. The Balaban J connectivity index is 3.47. The first-order valence-electron chi connectivity index (χ1n) is 5.95. The molecule has 0 atom stereocenters. The third kappa shape index (κ3) is 2.76. The van der Waals surface area contributed by atoms with E-state index in [4.69, 9.17) is 0 Å². The second-order valence-corrected chi connectivity index (χ2v) is 4.88. The van der Waals surface area contributed by atoms with Gasteiger partial charge in [0.25, 0.3) is 0 Å². The van der Waals surface area contributed by atoms with E-state index in [1.54, 1.807) is 0 Å². The van der Waals surface area contributed by atoms with Gasteiger partial charge in [0.05, 0.1) is 0 Å². The molecule has 0 saturated heterocycles. The molecule has 0 aromatic heterocycles. The van der Waals surface area contributed by atoms with Crippen molar-refractivity contribution in [2.24, 2.45) is 0 Å². The minimum absolute atomic E-state index is 1.03. The quantitative estimate of drug-likeness (QED) is 0.619. The first-order valence-corrected chi connectivity index (χ1v) is 5.95. The Kier molecular flexibility index (Phi) is 4.11. The fraction of sp³-hybridized carbons (Fsp3) is 0.294. The summed E-state index contributed by atoms with van der Waals surface area (Å²) < 4.78 is 0. The van der Waals surface area contributed by atoms with Crippen LogP contribution in [-0.4, -0.2) is 0 Å². The van der Waals surface area contributed by atoms with E-state index in [0.29, 0.717) is 0 Å². The minimum Gasteiger partial charge on any atom is -0.0955 e. The van der Waals surface area contributed by atoms with E-state index in [-0.39, 0.29) is 0 Å². The van der Waals surface area contributed by atoms with Gasteiger partial charge in [-0.1, -0.05) is 42.5 Å². The summed E-state index contributed by atoms with van der Waals surface area (Å²) in [5.74, 6) is 0. The van der Waals surface area contributed by atoms with Crippen molar-refractivity contribution in [3.05, 3.63) is 64.8 Å². The van der Waals surface area contributed by atoms with Crippen molar-refractivity contribution in [3.8, 4) is 0 Å². The lowest BCUT2D eigenvalue weighted by molar-refractivity contribution is 1.28. The Morgan fingerprint density at radius 1 is 1.00 bits per heavy atom. The molecule has 0 fully saturated rings. The lowest BCUT2D eigenvalue weighted by Crippen LogP contribution is -1.97. The summed E-state index contributed by atoms with van der Waals surface area (Å²) in [6, 6.07) is 6.41. The van der Waals surface area contributed by atoms with E-state index in [9.17, 15) is 0 Å². The van der Waals surface area contributed by atoms with Crippen LogP contribution in [0.4, 0.5) is 0 Å². The normalized spacial score (nSPS) is 9.94. The van der Waals surface area contributed by atoms with E-state index in [2.05, 4.69) is 59.1 Å². The van der Waals surface area contributed by atoms with Gasteiger partial charge in [-0.05, 0) is 62.5 Å². The van der Waals surface area contributed by atoms with E-state index in [1.807, 2.05) is 6.92 Å². The predicted octanol–water partition coefficient (Wildman–Crippen LogP) is 5.23. The average molecular weight is 226 g/mol. The van der Waals surface area contributed by atoms with Crippen LogP contribution < -0.4 is 0 Å². The van der Waals surface area contributed by atoms with Gasteiger partial charge in [-0.15, -0.1) is 0 Å². The molecule has 0 heteroatoms. The van der Waals surface area contributed by atoms with Crippen molar-refractivity contribution >= 4 is 5.57 Å². The molecular formula is C17H22. The first-order chi connectivity index (χ1) is 7.86. The van der Waals surface area contributed by atoms with Gasteiger partial charge in [0.1, 0.15) is 0 Å². The van der Waals surface area contributed by atoms with Crippen molar-refractivity contribution < 1.29 is 0 Å². The second-order valence-electron chi connectivity index (χ2n) is 4.88. The molecular weight excluding hydrogens is 204 g/mol. The smallest absolute Gasteiger partial charge is 0.0126 e. The van der Waals surface area contributed by atoms with E-state index in [0.717, 1.165) is 11.1 Å². The average Bonchev–Trinajstić information content (AvgIpc) is 2.23. The zero-order valence-corrected chi connectivity index (χ0v) is 11.6. The third-order valence-electron chi connectivity index (χ3n) is 3.19. The molecule has 0 nitrogen and oxygen atoms in total. The van der Waals surface area contributed by atoms with Crippen molar-refractivity contribution in [2.45, 2.75) is 34.6 Å². The van der Waals surface area contributed by atoms with Crippen molar-refractivity contribution in [1.82, 2.24) is 0 Å². The number of benzene rings is 1. The van der Waals surface area contributed by atoms with Crippen LogP contribution in [0.5, 0.6) is 0 Å². The van der Waals surface area contributed by atoms with Crippen LogP contribution in [0.1, 0.15) is 37.5 Å². The standard InChI is InChI=1S/C17H22/c1-11(2)14(6)17(12(3)4)16-10-8-9-13(5)15(16)7/h8-10H,1,6H2,2-5,7H3. The summed E-state index contributed by atoms with van der Waals surface area (Å²) in [5.41, 5.74) is 8.51.